The molecule has 0 bridgehead atoms. The fraction of sp³-hybridized carbons (Fsp3) is 0.294. The van der Waals surface area contributed by atoms with E-state index < -0.39 is 10.0 Å². The van der Waals surface area contributed by atoms with Crippen LogP contribution in [0.4, 0.5) is 5.69 Å². The van der Waals surface area contributed by atoms with Gasteiger partial charge in [-0.1, -0.05) is 11.6 Å². The van der Waals surface area contributed by atoms with Crippen LogP contribution in [0.25, 0.3) is 0 Å². The molecule has 1 N–H and O–H groups in total. The van der Waals surface area contributed by atoms with Crippen molar-refractivity contribution >= 4 is 33.2 Å². The third kappa shape index (κ3) is 4.18. The van der Waals surface area contributed by atoms with Gasteiger partial charge < -0.3 is 5.32 Å². The maximum absolute atomic E-state index is 12.8. The molecule has 3 rings (SSSR count). The van der Waals surface area contributed by atoms with Gasteiger partial charge >= 0.3 is 0 Å². The molecule has 132 valence electrons. The van der Waals surface area contributed by atoms with Crippen molar-refractivity contribution in [2.24, 2.45) is 5.92 Å². The van der Waals surface area contributed by atoms with Gasteiger partial charge in [-0.15, -0.1) is 0 Å². The second-order valence-corrected chi connectivity index (χ2v) is 8.26. The van der Waals surface area contributed by atoms with Crippen LogP contribution in [0.2, 0.25) is 5.02 Å². The summed E-state index contributed by atoms with van der Waals surface area (Å²) in [6, 6.07) is 9.46. The standard InChI is InChI=1S/C17H18ClN3O3S/c18-14-3-5-16(6-4-14)25(23,24)21-11-1-2-13(12-21)17(22)20-15-7-9-19-10-8-15/h3-10,13H,1-2,11-12H2,(H,19,20,22)/t13-/m1/s1. The third-order valence-corrected chi connectivity index (χ3v) is 6.29. The smallest absolute Gasteiger partial charge is 0.243 e. The summed E-state index contributed by atoms with van der Waals surface area (Å²) in [5.74, 6) is -0.564. The monoisotopic (exact) mass is 379 g/mol. The van der Waals surface area contributed by atoms with E-state index in [4.69, 9.17) is 11.6 Å². The van der Waals surface area contributed by atoms with Crippen LogP contribution in [0.5, 0.6) is 0 Å². The first kappa shape index (κ1) is 17.8. The number of sulfonamides is 1. The number of aromatic nitrogens is 1. The number of hydrogen-bond donors (Lipinski definition) is 1. The number of nitrogens with zero attached hydrogens (tertiary/aromatic N) is 2. The highest BCUT2D eigenvalue weighted by Gasteiger charge is 2.33. The number of amides is 1. The Bertz CT molecular complexity index is 841. The molecule has 0 radical (unpaired) electrons. The van der Waals surface area contributed by atoms with E-state index in [1.165, 1.54) is 16.4 Å². The second kappa shape index (κ2) is 7.51. The first-order valence-electron chi connectivity index (χ1n) is 7.93. The number of carbonyl (C=O) groups excluding carboxylic acids is 1. The van der Waals surface area contributed by atoms with Crippen molar-refractivity contribution in [1.82, 2.24) is 9.29 Å². The third-order valence-electron chi connectivity index (χ3n) is 4.15. The highest BCUT2D eigenvalue weighted by molar-refractivity contribution is 7.89. The second-order valence-electron chi connectivity index (χ2n) is 5.88. The number of benzene rings is 1. The molecule has 1 atom stereocenters. The van der Waals surface area contributed by atoms with Crippen LogP contribution in [-0.4, -0.2) is 36.7 Å². The molecule has 0 aliphatic carbocycles. The number of nitrogens with one attached hydrogen (secondary N) is 1. The number of rotatable bonds is 4. The van der Waals surface area contributed by atoms with Crippen molar-refractivity contribution in [1.29, 1.82) is 0 Å². The molecule has 1 aromatic carbocycles. The normalized spacial score (nSPS) is 18.7. The number of piperidine rings is 1. The summed E-state index contributed by atoms with van der Waals surface area (Å²) >= 11 is 5.82. The van der Waals surface area contributed by atoms with E-state index in [0.717, 1.165) is 0 Å². The molecular weight excluding hydrogens is 362 g/mol. The maximum atomic E-state index is 12.8. The fourth-order valence-corrected chi connectivity index (χ4v) is 4.46. The number of carbonyl (C=O) groups is 1. The van der Waals surface area contributed by atoms with Gasteiger partial charge in [-0.2, -0.15) is 4.31 Å². The van der Waals surface area contributed by atoms with Crippen LogP contribution in [0.1, 0.15) is 12.8 Å². The zero-order valence-corrected chi connectivity index (χ0v) is 15.0. The van der Waals surface area contributed by atoms with Crippen LogP contribution in [0.15, 0.2) is 53.7 Å². The minimum atomic E-state index is -3.63. The van der Waals surface area contributed by atoms with Crippen LogP contribution in [-0.2, 0) is 14.8 Å². The summed E-state index contributed by atoms with van der Waals surface area (Å²) < 4.78 is 26.9. The molecule has 1 saturated heterocycles. The van der Waals surface area contributed by atoms with E-state index >= 15 is 0 Å². The average Bonchev–Trinajstić information content (AvgIpc) is 2.63. The van der Waals surface area contributed by atoms with E-state index in [9.17, 15) is 13.2 Å². The molecule has 1 aliphatic heterocycles. The Labute approximate surface area is 151 Å². The molecule has 1 amide bonds. The average molecular weight is 380 g/mol. The lowest BCUT2D eigenvalue weighted by atomic mass is 9.99. The van der Waals surface area contributed by atoms with Crippen molar-refractivity contribution in [3.63, 3.8) is 0 Å². The van der Waals surface area contributed by atoms with E-state index in [-0.39, 0.29) is 23.3 Å². The summed E-state index contributed by atoms with van der Waals surface area (Å²) in [4.78, 5) is 16.5. The number of pyridine rings is 1. The highest BCUT2D eigenvalue weighted by atomic mass is 35.5. The molecule has 8 heteroatoms. The minimum absolute atomic E-state index is 0.169. The molecule has 0 saturated carbocycles. The molecule has 1 aliphatic rings. The van der Waals surface area contributed by atoms with Gasteiger partial charge in [0, 0.05) is 36.2 Å². The lowest BCUT2D eigenvalue weighted by Crippen LogP contribution is -2.43. The summed E-state index contributed by atoms with van der Waals surface area (Å²) in [6.45, 7) is 0.575. The van der Waals surface area contributed by atoms with Gasteiger partial charge in [-0.05, 0) is 49.2 Å². The van der Waals surface area contributed by atoms with E-state index in [0.29, 0.717) is 30.1 Å². The van der Waals surface area contributed by atoms with E-state index in [1.54, 1.807) is 36.7 Å². The Kier molecular flexibility index (Phi) is 5.36. The minimum Gasteiger partial charge on any atom is -0.326 e. The molecule has 0 spiro atoms. The zero-order valence-electron chi connectivity index (χ0n) is 13.4. The van der Waals surface area contributed by atoms with Crippen LogP contribution >= 0.6 is 11.6 Å². The molecule has 2 heterocycles. The van der Waals surface area contributed by atoms with Gasteiger partial charge in [0.1, 0.15) is 0 Å². The number of anilines is 1. The SMILES string of the molecule is O=C(Nc1ccncc1)[C@@H]1CCCN(S(=O)(=O)c2ccc(Cl)cc2)C1. The summed E-state index contributed by atoms with van der Waals surface area (Å²) in [6.07, 6.45) is 4.48. The van der Waals surface area contributed by atoms with E-state index in [1.807, 2.05) is 0 Å². The van der Waals surface area contributed by atoms with Gasteiger partial charge in [0.15, 0.2) is 0 Å². The molecule has 6 nitrogen and oxygen atoms in total. The first-order valence-corrected chi connectivity index (χ1v) is 9.75. The maximum Gasteiger partial charge on any atom is 0.243 e. The van der Waals surface area contributed by atoms with Crippen molar-refractivity contribution in [2.75, 3.05) is 18.4 Å². The summed E-state index contributed by atoms with van der Waals surface area (Å²) in [5, 5.41) is 3.29. The molecule has 1 aromatic heterocycles. The van der Waals surface area contributed by atoms with Crippen molar-refractivity contribution in [2.45, 2.75) is 17.7 Å². The Morgan fingerprint density at radius 1 is 1.16 bits per heavy atom. The first-order chi connectivity index (χ1) is 12.0. The lowest BCUT2D eigenvalue weighted by Gasteiger charge is -2.31. The quantitative estimate of drug-likeness (QED) is 0.885. The fourth-order valence-electron chi connectivity index (χ4n) is 2.81. The Balaban J connectivity index is 1.72. The van der Waals surface area contributed by atoms with Crippen molar-refractivity contribution in [3.8, 4) is 0 Å². The Morgan fingerprint density at radius 3 is 2.52 bits per heavy atom. The molecule has 25 heavy (non-hydrogen) atoms. The summed E-state index contributed by atoms with van der Waals surface area (Å²) in [7, 11) is -3.63. The molecule has 0 unspecified atom stereocenters. The van der Waals surface area contributed by atoms with Gasteiger partial charge in [0.05, 0.1) is 10.8 Å². The molecule has 2 aromatic rings. The Hall–Kier alpha value is -1.96. The van der Waals surface area contributed by atoms with Gasteiger partial charge in [0.25, 0.3) is 0 Å². The van der Waals surface area contributed by atoms with Crippen LogP contribution < -0.4 is 5.32 Å². The van der Waals surface area contributed by atoms with Gasteiger partial charge in [-0.3, -0.25) is 9.78 Å². The van der Waals surface area contributed by atoms with Crippen molar-refractivity contribution < 1.29 is 13.2 Å². The van der Waals surface area contributed by atoms with Crippen molar-refractivity contribution in [3.05, 3.63) is 53.8 Å². The predicted octanol–water partition coefficient (Wildman–Crippen LogP) is 2.77. The highest BCUT2D eigenvalue weighted by Crippen LogP contribution is 2.25. The van der Waals surface area contributed by atoms with Crippen LogP contribution in [0, 0.1) is 5.92 Å². The molecular formula is C17H18ClN3O3S. The number of hydrogen-bond acceptors (Lipinski definition) is 4. The van der Waals surface area contributed by atoms with Gasteiger partial charge in [-0.25, -0.2) is 8.42 Å². The number of halogens is 1. The topological polar surface area (TPSA) is 79.4 Å². The van der Waals surface area contributed by atoms with Crippen LogP contribution in [0.3, 0.4) is 0 Å². The lowest BCUT2D eigenvalue weighted by molar-refractivity contribution is -0.120. The Morgan fingerprint density at radius 2 is 1.84 bits per heavy atom. The van der Waals surface area contributed by atoms with E-state index in [2.05, 4.69) is 10.3 Å². The largest absolute Gasteiger partial charge is 0.326 e. The molecule has 1 fully saturated rings. The zero-order chi connectivity index (χ0) is 17.9. The van der Waals surface area contributed by atoms with Gasteiger partial charge in [0.2, 0.25) is 15.9 Å². The summed E-state index contributed by atoms with van der Waals surface area (Å²) in [5.41, 5.74) is 0.651. The predicted molar refractivity (Wildman–Crippen MR) is 95.8 cm³/mol.